The number of rotatable bonds is 5. The molecule has 7 aromatic carbocycles. The number of nitrogens with zero attached hydrogens (tertiary/aromatic N) is 1. The number of hydrogen-bond donors (Lipinski definition) is 0. The molecule has 0 atom stereocenters. The zero-order valence-electron chi connectivity index (χ0n) is 24.4. The van der Waals surface area contributed by atoms with Gasteiger partial charge in [0.1, 0.15) is 11.2 Å². The van der Waals surface area contributed by atoms with Crippen molar-refractivity contribution >= 4 is 70.5 Å². The molecule has 45 heavy (non-hydrogen) atoms. The summed E-state index contributed by atoms with van der Waals surface area (Å²) >= 11 is 1.82. The fraction of sp³-hybridized carbons (Fsp3) is 0. The molecular formula is C42H27NOS. The van der Waals surface area contributed by atoms with Crippen LogP contribution in [0.2, 0.25) is 0 Å². The normalized spacial score (nSPS) is 11.6. The number of fused-ring (bicyclic) bond motifs is 7. The lowest BCUT2D eigenvalue weighted by Gasteiger charge is -2.26. The van der Waals surface area contributed by atoms with E-state index in [-0.39, 0.29) is 0 Å². The molecule has 0 saturated heterocycles. The molecule has 2 heterocycles. The molecule has 0 saturated carbocycles. The Hall–Kier alpha value is -5.64. The van der Waals surface area contributed by atoms with E-state index in [0.717, 1.165) is 39.0 Å². The Morgan fingerprint density at radius 3 is 1.80 bits per heavy atom. The minimum absolute atomic E-state index is 0.901. The van der Waals surface area contributed by atoms with Crippen LogP contribution in [0.25, 0.3) is 64.4 Å². The molecule has 2 nitrogen and oxygen atoms in total. The molecular weight excluding hydrogens is 567 g/mol. The summed E-state index contributed by atoms with van der Waals surface area (Å²) in [5.74, 6) is 0. The first-order valence-electron chi connectivity index (χ1n) is 15.2. The highest BCUT2D eigenvalue weighted by Gasteiger charge is 2.23. The van der Waals surface area contributed by atoms with Crippen LogP contribution in [0.5, 0.6) is 0 Å². The molecule has 0 aliphatic carbocycles. The predicted octanol–water partition coefficient (Wildman–Crippen LogP) is 12.8. The molecule has 3 heteroatoms. The summed E-state index contributed by atoms with van der Waals surface area (Å²) in [7, 11) is 0. The summed E-state index contributed by atoms with van der Waals surface area (Å²) in [4.78, 5) is 2.37. The van der Waals surface area contributed by atoms with E-state index in [1.54, 1.807) is 0 Å². The van der Waals surface area contributed by atoms with Gasteiger partial charge in [0.15, 0.2) is 0 Å². The molecule has 0 N–H and O–H groups in total. The standard InChI is InChI=1S/C42H27NOS/c1-3-12-28(13-4-1)30-14-11-15-31(26-30)29-22-24-33(25-23-29)43(32-16-5-2-6-17-32)36-27-39-41(35-19-8-10-21-38(35)45-39)42-40(36)34-18-7-9-20-37(34)44-42/h1-27H. The maximum atomic E-state index is 6.70. The number of furan rings is 1. The van der Waals surface area contributed by atoms with Crippen molar-refractivity contribution in [1.29, 1.82) is 0 Å². The van der Waals surface area contributed by atoms with Crippen molar-refractivity contribution in [3.63, 3.8) is 0 Å². The first kappa shape index (κ1) is 25.8. The minimum Gasteiger partial charge on any atom is -0.455 e. The van der Waals surface area contributed by atoms with Crippen LogP contribution < -0.4 is 4.90 Å². The van der Waals surface area contributed by atoms with Crippen molar-refractivity contribution in [2.75, 3.05) is 4.90 Å². The van der Waals surface area contributed by atoms with Crippen molar-refractivity contribution in [1.82, 2.24) is 0 Å². The van der Waals surface area contributed by atoms with Crippen LogP contribution in [0, 0.1) is 0 Å². The molecule has 2 aromatic heterocycles. The Kier molecular flexibility index (Phi) is 6.03. The van der Waals surface area contributed by atoms with Crippen LogP contribution in [0.3, 0.4) is 0 Å². The third-order valence-corrected chi connectivity index (χ3v) is 9.77. The molecule has 9 rings (SSSR count). The SMILES string of the molecule is c1ccc(-c2cccc(-c3ccc(N(c4ccccc4)c4cc5sc6ccccc6c5c5oc6ccccc6c45)cc3)c2)cc1. The monoisotopic (exact) mass is 593 g/mol. The number of para-hydroxylation sites is 2. The topological polar surface area (TPSA) is 16.4 Å². The molecule has 0 spiro atoms. The van der Waals surface area contributed by atoms with Gasteiger partial charge in [-0.3, -0.25) is 0 Å². The van der Waals surface area contributed by atoms with E-state index in [1.165, 1.54) is 42.4 Å². The van der Waals surface area contributed by atoms with Gasteiger partial charge in [-0.2, -0.15) is 0 Å². The second kappa shape index (κ2) is 10.5. The molecule has 0 radical (unpaired) electrons. The van der Waals surface area contributed by atoms with Crippen molar-refractivity contribution in [3.8, 4) is 22.3 Å². The quantitative estimate of drug-likeness (QED) is 0.197. The second-order valence-electron chi connectivity index (χ2n) is 11.3. The maximum absolute atomic E-state index is 6.70. The summed E-state index contributed by atoms with van der Waals surface area (Å²) in [5, 5.41) is 4.67. The summed E-state index contributed by atoms with van der Waals surface area (Å²) < 4.78 is 9.18. The van der Waals surface area contributed by atoms with Gasteiger partial charge in [0.25, 0.3) is 0 Å². The molecule has 0 aliphatic rings. The van der Waals surface area contributed by atoms with E-state index in [9.17, 15) is 0 Å². The second-order valence-corrected chi connectivity index (χ2v) is 12.4. The third kappa shape index (κ3) is 4.32. The van der Waals surface area contributed by atoms with E-state index in [1.807, 2.05) is 17.4 Å². The number of hydrogen-bond acceptors (Lipinski definition) is 3. The van der Waals surface area contributed by atoms with E-state index in [4.69, 9.17) is 4.42 Å². The van der Waals surface area contributed by atoms with Crippen LogP contribution in [-0.2, 0) is 0 Å². The Labute approximate surface area is 265 Å². The smallest absolute Gasteiger partial charge is 0.146 e. The lowest BCUT2D eigenvalue weighted by atomic mass is 9.98. The van der Waals surface area contributed by atoms with Gasteiger partial charge >= 0.3 is 0 Å². The summed E-state index contributed by atoms with van der Waals surface area (Å²) in [6.45, 7) is 0. The van der Waals surface area contributed by atoms with E-state index >= 15 is 0 Å². The van der Waals surface area contributed by atoms with Crippen molar-refractivity contribution in [3.05, 3.63) is 164 Å². The van der Waals surface area contributed by atoms with Crippen molar-refractivity contribution < 1.29 is 4.42 Å². The average molecular weight is 594 g/mol. The Balaban J connectivity index is 1.25. The lowest BCUT2D eigenvalue weighted by molar-refractivity contribution is 0.673. The van der Waals surface area contributed by atoms with Gasteiger partial charge in [-0.05, 0) is 70.8 Å². The van der Waals surface area contributed by atoms with E-state index in [0.29, 0.717) is 0 Å². The number of thiophene rings is 1. The highest BCUT2D eigenvalue weighted by molar-refractivity contribution is 7.26. The van der Waals surface area contributed by atoms with E-state index < -0.39 is 0 Å². The van der Waals surface area contributed by atoms with Gasteiger partial charge < -0.3 is 9.32 Å². The van der Waals surface area contributed by atoms with Gasteiger partial charge in [0.05, 0.1) is 11.1 Å². The van der Waals surface area contributed by atoms with Gasteiger partial charge in [-0.15, -0.1) is 11.3 Å². The number of anilines is 3. The summed E-state index contributed by atoms with van der Waals surface area (Å²) in [6, 6.07) is 58.3. The Bertz CT molecular complexity index is 2470. The highest BCUT2D eigenvalue weighted by atomic mass is 32.1. The van der Waals surface area contributed by atoms with Crippen molar-refractivity contribution in [2.45, 2.75) is 0 Å². The lowest BCUT2D eigenvalue weighted by Crippen LogP contribution is -2.10. The first-order chi connectivity index (χ1) is 22.3. The fourth-order valence-electron chi connectivity index (χ4n) is 6.56. The molecule has 0 unspecified atom stereocenters. The summed E-state index contributed by atoms with van der Waals surface area (Å²) in [5.41, 5.74) is 9.97. The average Bonchev–Trinajstić information content (AvgIpc) is 3.68. The molecule has 0 bridgehead atoms. The van der Waals surface area contributed by atoms with Crippen LogP contribution in [0.4, 0.5) is 17.1 Å². The molecule has 212 valence electrons. The van der Waals surface area contributed by atoms with Crippen LogP contribution in [-0.4, -0.2) is 0 Å². The zero-order chi connectivity index (χ0) is 29.7. The van der Waals surface area contributed by atoms with Gasteiger partial charge in [-0.25, -0.2) is 0 Å². The first-order valence-corrected chi connectivity index (χ1v) is 16.0. The van der Waals surface area contributed by atoms with Crippen LogP contribution >= 0.6 is 11.3 Å². The van der Waals surface area contributed by atoms with Gasteiger partial charge in [0, 0.05) is 36.9 Å². The minimum atomic E-state index is 0.901. The van der Waals surface area contributed by atoms with Crippen molar-refractivity contribution in [2.24, 2.45) is 0 Å². The molecule has 9 aromatic rings. The van der Waals surface area contributed by atoms with Crippen LogP contribution in [0.1, 0.15) is 0 Å². The van der Waals surface area contributed by atoms with E-state index in [2.05, 4.69) is 163 Å². The highest BCUT2D eigenvalue weighted by Crippen LogP contribution is 2.49. The summed E-state index contributed by atoms with van der Waals surface area (Å²) in [6.07, 6.45) is 0. The maximum Gasteiger partial charge on any atom is 0.146 e. The third-order valence-electron chi connectivity index (χ3n) is 8.65. The van der Waals surface area contributed by atoms with Gasteiger partial charge in [-0.1, -0.05) is 115 Å². The van der Waals surface area contributed by atoms with Gasteiger partial charge in [0.2, 0.25) is 0 Å². The number of benzene rings is 7. The largest absolute Gasteiger partial charge is 0.455 e. The zero-order valence-corrected chi connectivity index (χ0v) is 25.2. The predicted molar refractivity (Wildman–Crippen MR) is 192 cm³/mol. The Morgan fingerprint density at radius 1 is 0.422 bits per heavy atom. The van der Waals surface area contributed by atoms with Crippen LogP contribution in [0.15, 0.2) is 168 Å². The molecule has 0 amide bonds. The fourth-order valence-corrected chi connectivity index (χ4v) is 7.70. The Morgan fingerprint density at radius 2 is 1.02 bits per heavy atom. The molecule has 0 aliphatic heterocycles. The molecule has 0 fully saturated rings.